The van der Waals surface area contributed by atoms with Crippen LogP contribution < -0.4 is 0 Å². The van der Waals surface area contributed by atoms with E-state index in [4.69, 9.17) is 4.74 Å². The lowest BCUT2D eigenvalue weighted by Crippen LogP contribution is -2.22. The van der Waals surface area contributed by atoms with E-state index < -0.39 is 0 Å². The van der Waals surface area contributed by atoms with Crippen LogP contribution in [0.15, 0.2) is 17.9 Å². The quantitative estimate of drug-likeness (QED) is 0.801. The molecule has 0 bridgehead atoms. The fourth-order valence-electron chi connectivity index (χ4n) is 2.66. The van der Waals surface area contributed by atoms with Crippen LogP contribution >= 0.6 is 0 Å². The van der Waals surface area contributed by atoms with Gasteiger partial charge < -0.3 is 9.64 Å². The Bertz CT molecular complexity index is 520. The van der Waals surface area contributed by atoms with Crippen molar-refractivity contribution in [1.29, 1.82) is 0 Å². The van der Waals surface area contributed by atoms with Gasteiger partial charge in [0, 0.05) is 7.05 Å². The summed E-state index contributed by atoms with van der Waals surface area (Å²) in [4.78, 5) is 13.9. The van der Waals surface area contributed by atoms with Crippen molar-refractivity contribution in [2.45, 2.75) is 20.8 Å². The molecule has 1 aliphatic heterocycles. The van der Waals surface area contributed by atoms with E-state index in [-0.39, 0.29) is 5.91 Å². The molecule has 1 aromatic carbocycles. The summed E-state index contributed by atoms with van der Waals surface area (Å²) in [6.45, 7) is 6.71. The summed E-state index contributed by atoms with van der Waals surface area (Å²) in [6.07, 6.45) is 0. The van der Waals surface area contributed by atoms with Crippen LogP contribution in [0, 0.1) is 20.8 Å². The highest BCUT2D eigenvalue weighted by molar-refractivity contribution is 6.22. The third-order valence-electron chi connectivity index (χ3n) is 3.39. The number of amides is 1. The number of ether oxygens (including phenoxy) is 1. The Morgan fingerprint density at radius 1 is 1.17 bits per heavy atom. The van der Waals surface area contributed by atoms with E-state index in [2.05, 4.69) is 19.1 Å². The van der Waals surface area contributed by atoms with Crippen molar-refractivity contribution in [1.82, 2.24) is 4.90 Å². The summed E-state index contributed by atoms with van der Waals surface area (Å²) >= 11 is 0. The molecule has 0 saturated carbocycles. The maximum Gasteiger partial charge on any atom is 0.258 e. The Labute approximate surface area is 108 Å². The molecule has 96 valence electrons. The molecule has 3 heteroatoms. The van der Waals surface area contributed by atoms with Gasteiger partial charge in [-0.25, -0.2) is 0 Å². The van der Waals surface area contributed by atoms with Gasteiger partial charge >= 0.3 is 0 Å². The van der Waals surface area contributed by atoms with Crippen molar-refractivity contribution in [3.63, 3.8) is 0 Å². The average Bonchev–Trinajstić information content (AvgIpc) is 2.55. The first-order valence-corrected chi connectivity index (χ1v) is 6.06. The van der Waals surface area contributed by atoms with E-state index in [1.807, 2.05) is 13.8 Å². The van der Waals surface area contributed by atoms with Crippen molar-refractivity contribution < 1.29 is 9.53 Å². The molecule has 1 aliphatic rings. The molecule has 1 amide bonds. The van der Waals surface area contributed by atoms with E-state index >= 15 is 0 Å². The first-order valence-electron chi connectivity index (χ1n) is 6.06. The summed E-state index contributed by atoms with van der Waals surface area (Å²) in [5, 5.41) is 0. The van der Waals surface area contributed by atoms with E-state index in [1.54, 1.807) is 19.1 Å². The molecule has 0 atom stereocenters. The zero-order valence-corrected chi connectivity index (χ0v) is 11.6. The lowest BCUT2D eigenvalue weighted by molar-refractivity contribution is -0.122. The first-order chi connectivity index (χ1) is 8.45. The van der Waals surface area contributed by atoms with Gasteiger partial charge in [0.25, 0.3) is 5.91 Å². The molecular weight excluding hydrogens is 226 g/mol. The fraction of sp³-hybridized carbons (Fsp3) is 0.400. The first kappa shape index (κ1) is 12.7. The molecule has 18 heavy (non-hydrogen) atoms. The monoisotopic (exact) mass is 245 g/mol. The Morgan fingerprint density at radius 3 is 2.22 bits per heavy atom. The molecule has 0 radical (unpaired) electrons. The molecule has 0 N–H and O–H groups in total. The van der Waals surface area contributed by atoms with Crippen LogP contribution in [0.2, 0.25) is 0 Å². The van der Waals surface area contributed by atoms with Crippen molar-refractivity contribution in [3.8, 4) is 0 Å². The van der Waals surface area contributed by atoms with Gasteiger partial charge in [0.2, 0.25) is 0 Å². The molecule has 0 saturated heterocycles. The molecular formula is C15H19NO2. The Hall–Kier alpha value is -1.77. The Balaban J connectivity index is 2.65. The number of rotatable bonds is 2. The maximum absolute atomic E-state index is 12.3. The third-order valence-corrected chi connectivity index (χ3v) is 3.39. The summed E-state index contributed by atoms with van der Waals surface area (Å²) in [5.74, 6) is 0.805. The highest BCUT2D eigenvalue weighted by Gasteiger charge is 2.31. The topological polar surface area (TPSA) is 29.5 Å². The van der Waals surface area contributed by atoms with Crippen LogP contribution in [0.3, 0.4) is 0 Å². The highest BCUT2D eigenvalue weighted by atomic mass is 16.5. The van der Waals surface area contributed by atoms with Gasteiger partial charge in [-0.05, 0) is 37.5 Å². The summed E-state index contributed by atoms with van der Waals surface area (Å²) < 4.78 is 5.38. The SMILES string of the molecule is COC1=C(c2c(C)cc(C)cc2C)C(=O)N(C)C1. The molecule has 3 nitrogen and oxygen atoms in total. The predicted molar refractivity (Wildman–Crippen MR) is 72.2 cm³/mol. The zero-order chi connectivity index (χ0) is 13.4. The maximum atomic E-state index is 12.3. The summed E-state index contributed by atoms with van der Waals surface area (Å²) in [6, 6.07) is 4.21. The van der Waals surface area contributed by atoms with Gasteiger partial charge in [0.05, 0.1) is 19.2 Å². The Morgan fingerprint density at radius 2 is 1.72 bits per heavy atom. The molecule has 0 fully saturated rings. The van der Waals surface area contributed by atoms with Crippen LogP contribution in [0.4, 0.5) is 0 Å². The zero-order valence-electron chi connectivity index (χ0n) is 11.6. The number of hydrogen-bond donors (Lipinski definition) is 0. The predicted octanol–water partition coefficient (Wildman–Crippen LogP) is 2.44. The average molecular weight is 245 g/mol. The molecule has 0 spiro atoms. The fourth-order valence-corrected chi connectivity index (χ4v) is 2.66. The van der Waals surface area contributed by atoms with E-state index in [9.17, 15) is 4.79 Å². The minimum absolute atomic E-state index is 0.0434. The molecule has 0 unspecified atom stereocenters. The second kappa shape index (κ2) is 4.48. The van der Waals surface area contributed by atoms with Gasteiger partial charge in [-0.15, -0.1) is 0 Å². The van der Waals surface area contributed by atoms with Crippen LogP contribution in [0.25, 0.3) is 5.57 Å². The normalized spacial score (nSPS) is 15.6. The third kappa shape index (κ3) is 1.90. The summed E-state index contributed by atoms with van der Waals surface area (Å²) in [5.41, 5.74) is 5.20. The van der Waals surface area contributed by atoms with E-state index in [1.165, 1.54) is 5.56 Å². The Kier molecular flexibility index (Phi) is 3.16. The minimum atomic E-state index is 0.0434. The lowest BCUT2D eigenvalue weighted by atomic mass is 9.93. The number of hydrogen-bond acceptors (Lipinski definition) is 2. The standard InChI is InChI=1S/C15H19NO2/c1-9-6-10(2)13(11(3)7-9)14-12(18-5)8-16(4)15(14)17/h6-7H,8H2,1-5H3. The van der Waals surface area contributed by atoms with Crippen LogP contribution in [-0.2, 0) is 9.53 Å². The molecule has 2 rings (SSSR count). The van der Waals surface area contributed by atoms with Gasteiger partial charge in [0.1, 0.15) is 5.76 Å². The number of methoxy groups -OCH3 is 1. The van der Waals surface area contributed by atoms with Gasteiger partial charge in [0.15, 0.2) is 0 Å². The minimum Gasteiger partial charge on any atom is -0.498 e. The second-order valence-electron chi connectivity index (χ2n) is 4.94. The van der Waals surface area contributed by atoms with E-state index in [0.717, 1.165) is 28.0 Å². The second-order valence-corrected chi connectivity index (χ2v) is 4.94. The van der Waals surface area contributed by atoms with Gasteiger partial charge in [-0.1, -0.05) is 17.7 Å². The van der Waals surface area contributed by atoms with Crippen LogP contribution in [-0.4, -0.2) is 31.5 Å². The number of carbonyl (C=O) groups excluding carboxylic acids is 1. The number of carbonyl (C=O) groups is 1. The van der Waals surface area contributed by atoms with Crippen molar-refractivity contribution >= 4 is 11.5 Å². The van der Waals surface area contributed by atoms with Crippen molar-refractivity contribution in [2.75, 3.05) is 20.7 Å². The van der Waals surface area contributed by atoms with Gasteiger partial charge in [-0.2, -0.15) is 0 Å². The number of likely N-dealkylation sites (N-methyl/N-ethyl adjacent to an activating group) is 1. The van der Waals surface area contributed by atoms with Crippen molar-refractivity contribution in [3.05, 3.63) is 40.1 Å². The van der Waals surface area contributed by atoms with Crippen LogP contribution in [0.5, 0.6) is 0 Å². The number of benzene rings is 1. The summed E-state index contributed by atoms with van der Waals surface area (Å²) in [7, 11) is 3.42. The van der Waals surface area contributed by atoms with Crippen LogP contribution in [0.1, 0.15) is 22.3 Å². The highest BCUT2D eigenvalue weighted by Crippen LogP contribution is 2.32. The molecule has 1 aromatic rings. The molecule has 0 aromatic heterocycles. The number of aryl methyl sites for hydroxylation is 3. The molecule has 0 aliphatic carbocycles. The van der Waals surface area contributed by atoms with Gasteiger partial charge in [-0.3, -0.25) is 4.79 Å². The lowest BCUT2D eigenvalue weighted by Gasteiger charge is -2.13. The largest absolute Gasteiger partial charge is 0.498 e. The number of nitrogens with zero attached hydrogens (tertiary/aromatic N) is 1. The molecule has 1 heterocycles. The van der Waals surface area contributed by atoms with Crippen molar-refractivity contribution in [2.24, 2.45) is 0 Å². The van der Waals surface area contributed by atoms with E-state index in [0.29, 0.717) is 6.54 Å². The smallest absolute Gasteiger partial charge is 0.258 e.